The molecule has 3 heteroatoms. The van der Waals surface area contributed by atoms with Crippen LogP contribution in [-0.2, 0) is 5.41 Å². The Kier molecular flexibility index (Phi) is 3.31. The summed E-state index contributed by atoms with van der Waals surface area (Å²) in [6, 6.07) is 6.44. The molecule has 0 atom stereocenters. The normalized spacial score (nSPS) is 11.2. The van der Waals surface area contributed by atoms with Gasteiger partial charge in [0.25, 0.3) is 0 Å². The average molecular weight is 210 g/mol. The van der Waals surface area contributed by atoms with Crippen LogP contribution in [0.5, 0.6) is 5.75 Å². The van der Waals surface area contributed by atoms with E-state index in [1.165, 1.54) is 12.1 Å². The fraction of sp³-hybridized carbons (Fsp3) is 0.333. The van der Waals surface area contributed by atoms with E-state index in [2.05, 4.69) is 10.7 Å². The second-order valence-corrected chi connectivity index (χ2v) is 3.68. The first-order chi connectivity index (χ1) is 6.95. The Bertz CT molecular complexity index is 377. The molecule has 0 unspecified atom stereocenters. The smallest absolute Gasteiger partial charge is 0.387 e. The third kappa shape index (κ3) is 2.95. The zero-order chi connectivity index (χ0) is 11.5. The zero-order valence-electron chi connectivity index (χ0n) is 8.63. The molecule has 1 aromatic carbocycles. The molecule has 0 heterocycles. The van der Waals surface area contributed by atoms with Crippen LogP contribution in [0.15, 0.2) is 24.3 Å². The highest BCUT2D eigenvalue weighted by Gasteiger charge is 2.17. The molecule has 0 amide bonds. The molecule has 0 aliphatic rings. The van der Waals surface area contributed by atoms with E-state index < -0.39 is 12.0 Å². The van der Waals surface area contributed by atoms with Crippen LogP contribution in [0.3, 0.4) is 0 Å². The van der Waals surface area contributed by atoms with Crippen molar-refractivity contribution in [2.24, 2.45) is 0 Å². The summed E-state index contributed by atoms with van der Waals surface area (Å²) < 4.78 is 28.2. The van der Waals surface area contributed by atoms with Crippen LogP contribution < -0.4 is 4.74 Å². The van der Waals surface area contributed by atoms with Gasteiger partial charge in [0.15, 0.2) is 0 Å². The summed E-state index contributed by atoms with van der Waals surface area (Å²) in [7, 11) is 0. The van der Waals surface area contributed by atoms with E-state index in [4.69, 9.17) is 6.42 Å². The van der Waals surface area contributed by atoms with Crippen molar-refractivity contribution >= 4 is 0 Å². The molecule has 1 rings (SSSR count). The Morgan fingerprint density at radius 2 is 2.07 bits per heavy atom. The van der Waals surface area contributed by atoms with Crippen molar-refractivity contribution < 1.29 is 13.5 Å². The van der Waals surface area contributed by atoms with Crippen LogP contribution >= 0.6 is 0 Å². The summed E-state index contributed by atoms with van der Waals surface area (Å²) >= 11 is 0. The van der Waals surface area contributed by atoms with Crippen LogP contribution in [0.25, 0.3) is 0 Å². The molecule has 0 N–H and O–H groups in total. The minimum absolute atomic E-state index is 0.130. The highest BCUT2D eigenvalue weighted by Crippen LogP contribution is 2.26. The van der Waals surface area contributed by atoms with Crippen LogP contribution in [0.4, 0.5) is 8.78 Å². The number of benzene rings is 1. The second-order valence-electron chi connectivity index (χ2n) is 3.68. The van der Waals surface area contributed by atoms with Crippen LogP contribution in [0.1, 0.15) is 19.4 Å². The van der Waals surface area contributed by atoms with E-state index >= 15 is 0 Å². The summed E-state index contributed by atoms with van der Waals surface area (Å²) in [4.78, 5) is 0. The lowest BCUT2D eigenvalue weighted by atomic mass is 9.86. The lowest BCUT2D eigenvalue weighted by molar-refractivity contribution is -0.0499. The van der Waals surface area contributed by atoms with Gasteiger partial charge in [-0.25, -0.2) is 0 Å². The second kappa shape index (κ2) is 4.31. The third-order valence-electron chi connectivity index (χ3n) is 2.14. The molecule has 80 valence electrons. The molecule has 0 bridgehead atoms. The molecule has 0 saturated heterocycles. The summed E-state index contributed by atoms with van der Waals surface area (Å²) in [5.74, 6) is 2.73. The van der Waals surface area contributed by atoms with Crippen molar-refractivity contribution in [1.82, 2.24) is 0 Å². The molecule has 1 aromatic rings. The molecule has 0 aliphatic heterocycles. The summed E-state index contributed by atoms with van der Waals surface area (Å²) in [6.07, 6.45) is 5.35. The summed E-state index contributed by atoms with van der Waals surface area (Å²) in [6.45, 7) is 0.873. The van der Waals surface area contributed by atoms with Gasteiger partial charge < -0.3 is 4.74 Å². The molecular weight excluding hydrogens is 198 g/mol. The minimum atomic E-state index is -2.81. The molecule has 0 saturated carbocycles. The minimum Gasteiger partial charge on any atom is -0.435 e. The van der Waals surface area contributed by atoms with E-state index in [-0.39, 0.29) is 5.75 Å². The van der Waals surface area contributed by atoms with Crippen molar-refractivity contribution in [2.45, 2.75) is 25.9 Å². The van der Waals surface area contributed by atoms with Gasteiger partial charge in [0.05, 0.1) is 5.41 Å². The molecule has 0 radical (unpaired) electrons. The zero-order valence-corrected chi connectivity index (χ0v) is 8.63. The molecule has 0 fully saturated rings. The van der Waals surface area contributed by atoms with Gasteiger partial charge in [-0.1, -0.05) is 18.1 Å². The molecule has 1 nitrogen and oxygen atoms in total. The number of hydrogen-bond donors (Lipinski definition) is 0. The van der Waals surface area contributed by atoms with E-state index in [0.29, 0.717) is 0 Å². The first-order valence-electron chi connectivity index (χ1n) is 4.49. The van der Waals surface area contributed by atoms with Crippen molar-refractivity contribution in [1.29, 1.82) is 0 Å². The van der Waals surface area contributed by atoms with Crippen molar-refractivity contribution in [3.05, 3.63) is 29.8 Å². The van der Waals surface area contributed by atoms with Gasteiger partial charge in [0.1, 0.15) is 5.75 Å². The SMILES string of the molecule is C#CC(C)(C)c1cccc(OC(F)F)c1. The monoisotopic (exact) mass is 210 g/mol. The van der Waals surface area contributed by atoms with Crippen LogP contribution in [-0.4, -0.2) is 6.61 Å². The van der Waals surface area contributed by atoms with Crippen LogP contribution in [0, 0.1) is 12.3 Å². The Morgan fingerprint density at radius 3 is 2.60 bits per heavy atom. The Hall–Kier alpha value is -1.56. The Labute approximate surface area is 88.1 Å². The van der Waals surface area contributed by atoms with Crippen LogP contribution in [0.2, 0.25) is 0 Å². The van der Waals surface area contributed by atoms with Crippen molar-refractivity contribution in [3.63, 3.8) is 0 Å². The molecule has 15 heavy (non-hydrogen) atoms. The molecule has 0 aromatic heterocycles. The summed E-state index contributed by atoms with van der Waals surface area (Å²) in [5.41, 5.74) is 0.296. The standard InChI is InChI=1S/C12H12F2O/c1-4-12(2,3)9-6-5-7-10(8-9)15-11(13)14/h1,5-8,11H,2-3H3. The molecule has 0 aliphatic carbocycles. The number of rotatable bonds is 3. The summed E-state index contributed by atoms with van der Waals surface area (Å²) in [5, 5.41) is 0. The van der Waals surface area contributed by atoms with E-state index in [9.17, 15) is 8.78 Å². The molecular formula is C12H12F2O. The van der Waals surface area contributed by atoms with E-state index in [0.717, 1.165) is 5.56 Å². The quantitative estimate of drug-likeness (QED) is 0.696. The van der Waals surface area contributed by atoms with Gasteiger partial charge in [-0.2, -0.15) is 8.78 Å². The maximum Gasteiger partial charge on any atom is 0.387 e. The fourth-order valence-corrected chi connectivity index (χ4v) is 1.14. The highest BCUT2D eigenvalue weighted by molar-refractivity contribution is 5.37. The maximum absolute atomic E-state index is 12.0. The third-order valence-corrected chi connectivity index (χ3v) is 2.14. The lowest BCUT2D eigenvalue weighted by Crippen LogP contribution is -2.14. The number of halogens is 2. The van der Waals surface area contributed by atoms with E-state index in [1.807, 2.05) is 13.8 Å². The van der Waals surface area contributed by atoms with Crippen molar-refractivity contribution in [3.8, 4) is 18.1 Å². The Balaban J connectivity index is 2.99. The average Bonchev–Trinajstić information content (AvgIpc) is 2.17. The van der Waals surface area contributed by atoms with Crippen molar-refractivity contribution in [2.75, 3.05) is 0 Å². The van der Waals surface area contributed by atoms with Gasteiger partial charge in [-0.15, -0.1) is 6.42 Å². The van der Waals surface area contributed by atoms with Gasteiger partial charge in [-0.3, -0.25) is 0 Å². The Morgan fingerprint density at radius 1 is 1.40 bits per heavy atom. The number of hydrogen-bond acceptors (Lipinski definition) is 1. The highest BCUT2D eigenvalue weighted by atomic mass is 19.3. The number of alkyl halides is 2. The molecule has 0 spiro atoms. The number of ether oxygens (including phenoxy) is 1. The predicted molar refractivity (Wildman–Crippen MR) is 54.9 cm³/mol. The maximum atomic E-state index is 12.0. The van der Waals surface area contributed by atoms with E-state index in [1.54, 1.807) is 12.1 Å². The predicted octanol–water partition coefficient (Wildman–Crippen LogP) is 3.20. The number of terminal acetylenes is 1. The van der Waals surface area contributed by atoms with Gasteiger partial charge in [0.2, 0.25) is 0 Å². The fourth-order valence-electron chi connectivity index (χ4n) is 1.14. The van der Waals surface area contributed by atoms with Gasteiger partial charge in [0, 0.05) is 0 Å². The van der Waals surface area contributed by atoms with Gasteiger partial charge in [-0.05, 0) is 31.5 Å². The largest absolute Gasteiger partial charge is 0.435 e. The van der Waals surface area contributed by atoms with Gasteiger partial charge >= 0.3 is 6.61 Å². The first kappa shape index (κ1) is 11.5. The lowest BCUT2D eigenvalue weighted by Gasteiger charge is -2.18. The topological polar surface area (TPSA) is 9.23 Å². The first-order valence-corrected chi connectivity index (χ1v) is 4.49.